The van der Waals surface area contributed by atoms with Gasteiger partial charge in [0.15, 0.2) is 0 Å². The molecule has 0 bridgehead atoms. The Morgan fingerprint density at radius 2 is 1.37 bits per heavy atom. The van der Waals surface area contributed by atoms with Crippen LogP contribution in [0.1, 0.15) is 0 Å². The zero-order chi connectivity index (χ0) is 19.8. The topological polar surface area (TPSA) is 29.8 Å². The molecule has 0 radical (unpaired) electrons. The second kappa shape index (κ2) is 5.51. The highest BCUT2D eigenvalue weighted by atomic mass is 15.2. The summed E-state index contributed by atoms with van der Waals surface area (Å²) in [5.41, 5.74) is 8.37. The molecule has 30 heavy (non-hydrogen) atoms. The van der Waals surface area contributed by atoms with E-state index >= 15 is 0 Å². The summed E-state index contributed by atoms with van der Waals surface area (Å²) in [6, 6.07) is 32.5. The zero-order valence-electron chi connectivity index (χ0n) is 16.5. The predicted octanol–water partition coefficient (Wildman–Crippen LogP) is 5.50. The molecule has 0 aliphatic heterocycles. The maximum Gasteiger partial charge on any atom is 0.373 e. The van der Waals surface area contributed by atoms with Crippen LogP contribution in [-0.2, 0) is 7.05 Å². The second-order valence-corrected chi connectivity index (χ2v) is 7.90. The summed E-state index contributed by atoms with van der Waals surface area (Å²) < 4.78 is 6.92. The molecular formula is C26H19N4+. The molecule has 3 heterocycles. The van der Waals surface area contributed by atoms with E-state index in [9.17, 15) is 0 Å². The van der Waals surface area contributed by atoms with E-state index in [1.165, 1.54) is 38.4 Å². The monoisotopic (exact) mass is 387 g/mol. The number of nitrogens with one attached hydrogen (secondary N) is 1. The third-order valence-corrected chi connectivity index (χ3v) is 6.33. The van der Waals surface area contributed by atoms with Crippen molar-refractivity contribution in [3.8, 4) is 5.69 Å². The first-order valence-electron chi connectivity index (χ1n) is 10.2. The Bertz CT molecular complexity index is 1760. The van der Waals surface area contributed by atoms with Crippen molar-refractivity contribution in [2.45, 2.75) is 0 Å². The average molecular weight is 387 g/mol. The molecule has 0 spiro atoms. The lowest BCUT2D eigenvalue weighted by Crippen LogP contribution is -2.18. The Morgan fingerprint density at radius 1 is 0.667 bits per heavy atom. The number of aryl methyl sites for hydroxylation is 1. The molecule has 0 aliphatic rings. The number of hydrogen-bond donors (Lipinski definition) is 1. The smallest absolute Gasteiger partial charge is 0.344 e. The Morgan fingerprint density at radius 3 is 2.27 bits per heavy atom. The van der Waals surface area contributed by atoms with Crippen molar-refractivity contribution in [1.29, 1.82) is 0 Å². The van der Waals surface area contributed by atoms with Crippen molar-refractivity contribution in [2.24, 2.45) is 7.05 Å². The van der Waals surface area contributed by atoms with Crippen molar-refractivity contribution in [2.75, 3.05) is 0 Å². The molecule has 4 heteroatoms. The lowest BCUT2D eigenvalue weighted by Gasteiger charge is -2.02. The fourth-order valence-electron chi connectivity index (χ4n) is 4.98. The number of benzene rings is 4. The van der Waals surface area contributed by atoms with Crippen molar-refractivity contribution in [1.82, 2.24) is 14.1 Å². The number of rotatable bonds is 1. The van der Waals surface area contributed by atoms with E-state index < -0.39 is 0 Å². The van der Waals surface area contributed by atoms with Crippen LogP contribution in [-0.4, -0.2) is 14.1 Å². The summed E-state index contributed by atoms with van der Waals surface area (Å²) in [5.74, 6) is 1.07. The van der Waals surface area contributed by atoms with Crippen LogP contribution >= 0.6 is 0 Å². The third-order valence-electron chi connectivity index (χ3n) is 6.33. The Hall–Kier alpha value is -4.05. The largest absolute Gasteiger partial charge is 0.373 e. The number of para-hydroxylation sites is 5. The number of imidazole rings is 2. The van der Waals surface area contributed by atoms with Gasteiger partial charge in [-0.05, 0) is 48.5 Å². The highest BCUT2D eigenvalue weighted by Crippen LogP contribution is 2.31. The van der Waals surface area contributed by atoms with Crippen LogP contribution in [0.5, 0.6) is 0 Å². The Balaban J connectivity index is 1.65. The summed E-state index contributed by atoms with van der Waals surface area (Å²) in [6.07, 6.45) is 0. The van der Waals surface area contributed by atoms with Gasteiger partial charge in [-0.3, -0.25) is 0 Å². The standard InChI is InChI=1S/C26H18N4/c1-28-21-10-4-2-8-18(21)19-16-17(14-15-22(19)28)29-24-12-6-7-13-25(24)30-23-11-5-3-9-20(23)27-26(29)30/h2-16H,1H3/p+1. The van der Waals surface area contributed by atoms with Crippen molar-refractivity contribution in [3.05, 3.63) is 91.0 Å². The molecule has 0 amide bonds. The maximum atomic E-state index is 3.65. The molecule has 0 fully saturated rings. The van der Waals surface area contributed by atoms with Gasteiger partial charge in [0, 0.05) is 28.9 Å². The third kappa shape index (κ3) is 1.88. The number of aromatic amines is 1. The Kier molecular flexibility index (Phi) is 2.91. The van der Waals surface area contributed by atoms with Crippen LogP contribution in [0.25, 0.3) is 55.3 Å². The minimum absolute atomic E-state index is 1.07. The van der Waals surface area contributed by atoms with Crippen LogP contribution in [0.2, 0.25) is 0 Å². The predicted molar refractivity (Wildman–Crippen MR) is 122 cm³/mol. The van der Waals surface area contributed by atoms with E-state index in [1.54, 1.807) is 0 Å². The van der Waals surface area contributed by atoms with Gasteiger partial charge in [0.05, 0.1) is 0 Å². The van der Waals surface area contributed by atoms with Gasteiger partial charge in [-0.25, -0.2) is 4.98 Å². The average Bonchev–Trinajstić information content (AvgIpc) is 3.41. The fraction of sp³-hybridized carbons (Fsp3) is 0.0385. The summed E-state index contributed by atoms with van der Waals surface area (Å²) in [6.45, 7) is 0. The highest BCUT2D eigenvalue weighted by molar-refractivity contribution is 6.08. The van der Waals surface area contributed by atoms with Gasteiger partial charge in [-0.2, -0.15) is 8.97 Å². The number of H-pyrrole nitrogens is 1. The summed E-state index contributed by atoms with van der Waals surface area (Å²) in [4.78, 5) is 3.65. The lowest BCUT2D eigenvalue weighted by molar-refractivity contribution is -0.449. The maximum absolute atomic E-state index is 3.65. The van der Waals surface area contributed by atoms with Gasteiger partial charge < -0.3 is 4.57 Å². The first-order chi connectivity index (χ1) is 14.8. The molecule has 0 aliphatic carbocycles. The van der Waals surface area contributed by atoms with Crippen LogP contribution in [0, 0.1) is 0 Å². The van der Waals surface area contributed by atoms with Gasteiger partial charge in [-0.15, -0.1) is 0 Å². The zero-order valence-corrected chi connectivity index (χ0v) is 16.5. The molecular weight excluding hydrogens is 368 g/mol. The van der Waals surface area contributed by atoms with E-state index in [0.29, 0.717) is 0 Å². The molecule has 0 atom stereocenters. The lowest BCUT2D eigenvalue weighted by atomic mass is 10.1. The first-order valence-corrected chi connectivity index (χ1v) is 10.2. The molecule has 4 nitrogen and oxygen atoms in total. The van der Waals surface area contributed by atoms with Crippen LogP contribution < -0.4 is 4.40 Å². The highest BCUT2D eigenvalue weighted by Gasteiger charge is 2.24. The summed E-state index contributed by atoms with van der Waals surface area (Å²) in [7, 11) is 2.14. The minimum Gasteiger partial charge on any atom is -0.344 e. The summed E-state index contributed by atoms with van der Waals surface area (Å²) >= 11 is 0. The fourth-order valence-corrected chi connectivity index (χ4v) is 4.98. The first kappa shape index (κ1) is 15.8. The van der Waals surface area contributed by atoms with E-state index in [-0.39, 0.29) is 0 Å². The summed E-state index contributed by atoms with van der Waals surface area (Å²) in [5, 5.41) is 2.56. The molecule has 7 rings (SSSR count). The number of aromatic nitrogens is 4. The van der Waals surface area contributed by atoms with Gasteiger partial charge in [0.1, 0.15) is 27.8 Å². The number of hydrogen-bond acceptors (Lipinski definition) is 0. The molecule has 0 unspecified atom stereocenters. The second-order valence-electron chi connectivity index (χ2n) is 7.90. The van der Waals surface area contributed by atoms with Gasteiger partial charge in [0.2, 0.25) is 0 Å². The van der Waals surface area contributed by atoms with Crippen molar-refractivity contribution >= 4 is 49.7 Å². The number of nitrogens with zero attached hydrogens (tertiary/aromatic N) is 3. The molecule has 7 aromatic rings. The van der Waals surface area contributed by atoms with Crippen LogP contribution in [0.4, 0.5) is 0 Å². The molecule has 3 aromatic heterocycles. The van der Waals surface area contributed by atoms with Gasteiger partial charge in [-0.1, -0.05) is 42.5 Å². The molecule has 4 aromatic carbocycles. The van der Waals surface area contributed by atoms with Gasteiger partial charge >= 0.3 is 5.78 Å². The van der Waals surface area contributed by atoms with Crippen LogP contribution in [0.3, 0.4) is 0 Å². The molecule has 0 saturated carbocycles. The SMILES string of the molecule is Cn1c2ccccc2c2cc(-n3c4ccccc4[n+]4c5ccccc5[nH]c34)ccc21. The van der Waals surface area contributed by atoms with Crippen molar-refractivity contribution < 1.29 is 4.40 Å². The van der Waals surface area contributed by atoms with E-state index in [0.717, 1.165) is 17.0 Å². The molecule has 1 N–H and O–H groups in total. The normalized spacial score (nSPS) is 12.2. The Labute approximate surface area is 172 Å². The quantitative estimate of drug-likeness (QED) is 0.361. The molecule has 142 valence electrons. The number of fused-ring (bicyclic) bond motifs is 8. The minimum atomic E-state index is 1.07. The van der Waals surface area contributed by atoms with Crippen LogP contribution in [0.15, 0.2) is 91.0 Å². The van der Waals surface area contributed by atoms with E-state index in [1.807, 2.05) is 0 Å². The van der Waals surface area contributed by atoms with E-state index in [4.69, 9.17) is 0 Å². The van der Waals surface area contributed by atoms with E-state index in [2.05, 4.69) is 117 Å². The van der Waals surface area contributed by atoms with Gasteiger partial charge in [0.25, 0.3) is 0 Å². The van der Waals surface area contributed by atoms with Crippen molar-refractivity contribution in [3.63, 3.8) is 0 Å². The molecule has 0 saturated heterocycles.